The average Bonchev–Trinajstić information content (AvgIpc) is 2.32. The fraction of sp³-hybridized carbons (Fsp3) is 0.300. The van der Waals surface area contributed by atoms with Crippen molar-refractivity contribution in [2.24, 2.45) is 5.73 Å². The van der Waals surface area contributed by atoms with Gasteiger partial charge in [0.15, 0.2) is 23.3 Å². The van der Waals surface area contributed by atoms with E-state index in [-0.39, 0.29) is 12.7 Å². The number of rotatable bonds is 4. The Balaban J connectivity index is 3.01. The minimum absolute atomic E-state index is 0.0371. The van der Waals surface area contributed by atoms with Crippen molar-refractivity contribution in [3.05, 3.63) is 29.3 Å². The number of methoxy groups -OCH3 is 1. The van der Waals surface area contributed by atoms with Gasteiger partial charge < -0.3 is 15.8 Å². The number of anilines is 1. The SMILES string of the molecule is COCC(N)C(=O)Nc1c(F)c(F)cc(F)c1F. The van der Waals surface area contributed by atoms with Crippen molar-refractivity contribution in [1.82, 2.24) is 0 Å². The Morgan fingerprint density at radius 3 is 2.28 bits per heavy atom. The molecule has 18 heavy (non-hydrogen) atoms. The van der Waals surface area contributed by atoms with E-state index in [4.69, 9.17) is 5.73 Å². The van der Waals surface area contributed by atoms with Crippen molar-refractivity contribution in [2.75, 3.05) is 19.0 Å². The molecule has 0 aliphatic heterocycles. The topological polar surface area (TPSA) is 64.3 Å². The number of hydrogen-bond donors (Lipinski definition) is 2. The average molecular weight is 266 g/mol. The van der Waals surface area contributed by atoms with Crippen LogP contribution in [0.15, 0.2) is 6.07 Å². The Bertz CT molecular complexity index is 441. The molecule has 8 heteroatoms. The summed E-state index contributed by atoms with van der Waals surface area (Å²) in [4.78, 5) is 11.3. The third-order valence-electron chi connectivity index (χ3n) is 2.04. The summed E-state index contributed by atoms with van der Waals surface area (Å²) < 4.78 is 56.6. The maximum atomic E-state index is 13.2. The minimum Gasteiger partial charge on any atom is -0.383 e. The van der Waals surface area contributed by atoms with Crippen LogP contribution in [0.25, 0.3) is 0 Å². The summed E-state index contributed by atoms with van der Waals surface area (Å²) in [6.07, 6.45) is 0. The van der Waals surface area contributed by atoms with Gasteiger partial charge in [-0.2, -0.15) is 0 Å². The van der Waals surface area contributed by atoms with E-state index in [0.717, 1.165) is 0 Å². The van der Waals surface area contributed by atoms with Crippen LogP contribution in [0.3, 0.4) is 0 Å². The van der Waals surface area contributed by atoms with E-state index in [1.807, 2.05) is 0 Å². The van der Waals surface area contributed by atoms with Gasteiger partial charge in [0.1, 0.15) is 11.7 Å². The van der Waals surface area contributed by atoms with E-state index >= 15 is 0 Å². The van der Waals surface area contributed by atoms with Crippen LogP contribution in [-0.4, -0.2) is 25.7 Å². The zero-order valence-electron chi connectivity index (χ0n) is 9.27. The van der Waals surface area contributed by atoms with Gasteiger partial charge in [-0.3, -0.25) is 4.79 Å². The van der Waals surface area contributed by atoms with Crippen LogP contribution >= 0.6 is 0 Å². The number of ether oxygens (including phenoxy) is 1. The number of amides is 1. The molecule has 0 radical (unpaired) electrons. The molecule has 1 amide bonds. The normalized spacial score (nSPS) is 12.3. The van der Waals surface area contributed by atoms with Crippen LogP contribution in [0.4, 0.5) is 23.2 Å². The number of benzene rings is 1. The number of carbonyl (C=O) groups excluding carboxylic acids is 1. The van der Waals surface area contributed by atoms with Gasteiger partial charge in [0, 0.05) is 13.2 Å². The van der Waals surface area contributed by atoms with Gasteiger partial charge in [0.05, 0.1) is 6.61 Å². The Kier molecular flexibility index (Phi) is 4.62. The molecule has 1 unspecified atom stereocenters. The molecule has 1 aromatic carbocycles. The van der Waals surface area contributed by atoms with E-state index in [9.17, 15) is 22.4 Å². The van der Waals surface area contributed by atoms with Crippen LogP contribution in [0.1, 0.15) is 0 Å². The number of hydrogen-bond acceptors (Lipinski definition) is 3. The Hall–Kier alpha value is -1.67. The predicted octanol–water partition coefficient (Wildman–Crippen LogP) is 1.16. The Morgan fingerprint density at radius 2 is 1.83 bits per heavy atom. The molecule has 100 valence electrons. The van der Waals surface area contributed by atoms with E-state index in [1.54, 1.807) is 5.32 Å². The summed E-state index contributed by atoms with van der Waals surface area (Å²) in [5, 5.41) is 1.67. The van der Waals surface area contributed by atoms with Crippen molar-refractivity contribution < 1.29 is 27.1 Å². The molecule has 0 fully saturated rings. The van der Waals surface area contributed by atoms with Gasteiger partial charge in [0.25, 0.3) is 0 Å². The van der Waals surface area contributed by atoms with Crippen LogP contribution < -0.4 is 11.1 Å². The molecule has 1 atom stereocenters. The number of carbonyl (C=O) groups is 1. The molecule has 0 bridgehead atoms. The highest BCUT2D eigenvalue weighted by Crippen LogP contribution is 2.24. The van der Waals surface area contributed by atoms with Gasteiger partial charge in [-0.15, -0.1) is 0 Å². The molecular weight excluding hydrogens is 256 g/mol. The molecule has 0 saturated heterocycles. The summed E-state index contributed by atoms with van der Waals surface area (Å²) in [6, 6.07) is -1.18. The number of halogens is 4. The van der Waals surface area contributed by atoms with Gasteiger partial charge in [-0.1, -0.05) is 0 Å². The fourth-order valence-electron chi connectivity index (χ4n) is 1.15. The number of nitrogens with two attached hydrogens (primary N) is 1. The molecule has 0 spiro atoms. The lowest BCUT2D eigenvalue weighted by atomic mass is 10.2. The molecule has 0 aliphatic carbocycles. The quantitative estimate of drug-likeness (QED) is 0.635. The summed E-state index contributed by atoms with van der Waals surface area (Å²) >= 11 is 0. The van der Waals surface area contributed by atoms with Gasteiger partial charge in [-0.05, 0) is 0 Å². The zero-order valence-corrected chi connectivity index (χ0v) is 9.27. The molecular formula is C10H10F4N2O2. The highest BCUT2D eigenvalue weighted by molar-refractivity contribution is 5.95. The first-order valence-electron chi connectivity index (χ1n) is 4.76. The summed E-state index contributed by atoms with van der Waals surface area (Å²) in [5.74, 6) is -7.67. The zero-order chi connectivity index (χ0) is 13.9. The van der Waals surface area contributed by atoms with E-state index < -0.39 is 40.9 Å². The molecule has 1 rings (SSSR count). The second-order valence-corrected chi connectivity index (χ2v) is 3.39. The first kappa shape index (κ1) is 14.4. The third kappa shape index (κ3) is 2.96. The molecule has 0 aliphatic rings. The van der Waals surface area contributed by atoms with Crippen molar-refractivity contribution in [1.29, 1.82) is 0 Å². The second kappa shape index (κ2) is 5.78. The summed E-state index contributed by atoms with van der Waals surface area (Å²) in [5.41, 5.74) is 4.06. The molecule has 3 N–H and O–H groups in total. The molecule has 0 aromatic heterocycles. The maximum Gasteiger partial charge on any atom is 0.243 e. The van der Waals surface area contributed by atoms with Crippen LogP contribution in [0.2, 0.25) is 0 Å². The minimum atomic E-state index is -1.70. The third-order valence-corrected chi connectivity index (χ3v) is 2.04. The first-order valence-corrected chi connectivity index (χ1v) is 4.76. The molecule has 4 nitrogen and oxygen atoms in total. The van der Waals surface area contributed by atoms with Crippen molar-refractivity contribution in [2.45, 2.75) is 6.04 Å². The van der Waals surface area contributed by atoms with Crippen LogP contribution in [0, 0.1) is 23.3 Å². The van der Waals surface area contributed by atoms with Gasteiger partial charge >= 0.3 is 0 Å². The monoisotopic (exact) mass is 266 g/mol. The Labute approximate surface area is 99.7 Å². The van der Waals surface area contributed by atoms with Gasteiger partial charge in [0.2, 0.25) is 5.91 Å². The van der Waals surface area contributed by atoms with Gasteiger partial charge in [-0.25, -0.2) is 17.6 Å². The lowest BCUT2D eigenvalue weighted by Gasteiger charge is -2.12. The van der Waals surface area contributed by atoms with Crippen LogP contribution in [0.5, 0.6) is 0 Å². The highest BCUT2D eigenvalue weighted by Gasteiger charge is 2.23. The van der Waals surface area contributed by atoms with Crippen LogP contribution in [-0.2, 0) is 9.53 Å². The second-order valence-electron chi connectivity index (χ2n) is 3.39. The van der Waals surface area contributed by atoms with E-state index in [2.05, 4.69) is 4.74 Å². The summed E-state index contributed by atoms with van der Waals surface area (Å²) in [7, 11) is 1.26. The predicted molar refractivity (Wildman–Crippen MR) is 54.8 cm³/mol. The largest absolute Gasteiger partial charge is 0.383 e. The Morgan fingerprint density at radius 1 is 1.33 bits per heavy atom. The highest BCUT2D eigenvalue weighted by atomic mass is 19.2. The first-order chi connectivity index (χ1) is 8.38. The molecule has 0 saturated carbocycles. The lowest BCUT2D eigenvalue weighted by molar-refractivity contribution is -0.118. The lowest BCUT2D eigenvalue weighted by Crippen LogP contribution is -2.39. The maximum absolute atomic E-state index is 13.2. The van der Waals surface area contributed by atoms with E-state index in [1.165, 1.54) is 7.11 Å². The van der Waals surface area contributed by atoms with Crippen molar-refractivity contribution in [3.63, 3.8) is 0 Å². The van der Waals surface area contributed by atoms with E-state index in [0.29, 0.717) is 0 Å². The van der Waals surface area contributed by atoms with Crippen molar-refractivity contribution in [3.8, 4) is 0 Å². The molecule has 1 aromatic rings. The number of nitrogens with one attached hydrogen (secondary N) is 1. The van der Waals surface area contributed by atoms with Crippen molar-refractivity contribution >= 4 is 11.6 Å². The molecule has 0 heterocycles. The summed E-state index contributed by atoms with van der Waals surface area (Å²) in [6.45, 7) is -0.215. The standard InChI is InChI=1S/C10H10F4N2O2/c1-18-3-6(15)10(17)16-9-7(13)4(11)2-5(12)8(9)14/h2,6H,3,15H2,1H3,(H,16,17). The smallest absolute Gasteiger partial charge is 0.243 e. The fourth-order valence-corrected chi connectivity index (χ4v) is 1.15.